The van der Waals surface area contributed by atoms with Gasteiger partial charge in [0.05, 0.1) is 6.54 Å². The number of hydrogen-bond acceptors (Lipinski definition) is 3. The summed E-state index contributed by atoms with van der Waals surface area (Å²) in [6.45, 7) is -1.20. The lowest BCUT2D eigenvalue weighted by Gasteiger charge is -2.16. The van der Waals surface area contributed by atoms with Gasteiger partial charge in [0.1, 0.15) is 6.61 Å². The Morgan fingerprint density at radius 2 is 1.56 bits per heavy atom. The van der Waals surface area contributed by atoms with Crippen molar-refractivity contribution in [3.63, 3.8) is 0 Å². The highest BCUT2D eigenvalue weighted by atomic mass is 35.5. The van der Waals surface area contributed by atoms with Gasteiger partial charge in [0.25, 0.3) is 5.24 Å². The molecule has 0 saturated carbocycles. The monoisotopic (exact) mass is 365 g/mol. The second kappa shape index (κ2) is 6.80. The highest BCUT2D eigenvalue weighted by Crippen LogP contribution is 2.44. The molecule has 0 unspecified atom stereocenters. The van der Waals surface area contributed by atoms with Crippen LogP contribution in [0.15, 0.2) is 48.5 Å². The van der Waals surface area contributed by atoms with Gasteiger partial charge in [-0.1, -0.05) is 48.5 Å². The molecule has 0 saturated heterocycles. The van der Waals surface area contributed by atoms with Crippen LogP contribution in [0, 0.1) is 0 Å². The van der Waals surface area contributed by atoms with E-state index in [1.165, 1.54) is 0 Å². The Hall–Kier alpha value is -2.47. The van der Waals surface area contributed by atoms with Crippen LogP contribution in [0.25, 0.3) is 11.1 Å². The maximum absolute atomic E-state index is 13.1. The average Bonchev–Trinajstić information content (AvgIpc) is 2.92. The van der Waals surface area contributed by atoms with Crippen LogP contribution in [-0.4, -0.2) is 30.4 Å². The number of alkyl halides is 2. The molecule has 0 aromatic heterocycles. The summed E-state index contributed by atoms with van der Waals surface area (Å²) < 4.78 is 31.3. The van der Waals surface area contributed by atoms with Gasteiger partial charge in [0.15, 0.2) is 0 Å². The van der Waals surface area contributed by atoms with Crippen LogP contribution in [-0.2, 0) is 9.53 Å². The van der Waals surface area contributed by atoms with Crippen molar-refractivity contribution in [3.8, 4) is 11.1 Å². The number of halogens is 3. The number of amides is 1. The quantitative estimate of drug-likeness (QED) is 0.817. The van der Waals surface area contributed by atoms with Crippen molar-refractivity contribution in [2.75, 3.05) is 13.2 Å². The summed E-state index contributed by atoms with van der Waals surface area (Å²) in [6, 6.07) is 15.5. The maximum Gasteiger partial charge on any atom is 0.407 e. The minimum atomic E-state index is -3.83. The van der Waals surface area contributed by atoms with E-state index in [2.05, 4.69) is 0 Å². The molecule has 1 amide bonds. The van der Waals surface area contributed by atoms with Gasteiger partial charge in [-0.15, -0.1) is 0 Å². The molecule has 2 aromatic carbocycles. The molecule has 1 aliphatic rings. The molecule has 0 radical (unpaired) electrons. The van der Waals surface area contributed by atoms with Crippen molar-refractivity contribution in [2.24, 2.45) is 0 Å². The fourth-order valence-corrected chi connectivity index (χ4v) is 2.97. The first kappa shape index (κ1) is 17.4. The fourth-order valence-electron chi connectivity index (χ4n) is 2.90. The van der Waals surface area contributed by atoms with E-state index in [0.717, 1.165) is 22.3 Å². The summed E-state index contributed by atoms with van der Waals surface area (Å²) in [7, 11) is 0. The summed E-state index contributed by atoms with van der Waals surface area (Å²) in [6.07, 6.45) is -1.03. The van der Waals surface area contributed by atoms with Crippen LogP contribution in [0.4, 0.5) is 13.6 Å². The van der Waals surface area contributed by atoms with E-state index in [-0.39, 0.29) is 12.5 Å². The van der Waals surface area contributed by atoms with E-state index >= 15 is 0 Å². The van der Waals surface area contributed by atoms with Gasteiger partial charge in [0, 0.05) is 5.92 Å². The van der Waals surface area contributed by atoms with E-state index in [0.29, 0.717) is 0 Å². The first-order chi connectivity index (χ1) is 11.9. The van der Waals surface area contributed by atoms with Crippen molar-refractivity contribution >= 4 is 22.9 Å². The Bertz CT molecular complexity index is 780. The van der Waals surface area contributed by atoms with Crippen molar-refractivity contribution in [3.05, 3.63) is 59.7 Å². The predicted octanol–water partition coefficient (Wildman–Crippen LogP) is 3.93. The van der Waals surface area contributed by atoms with Gasteiger partial charge in [-0.25, -0.2) is 4.79 Å². The smallest absolute Gasteiger partial charge is 0.407 e. The molecule has 0 fully saturated rings. The van der Waals surface area contributed by atoms with Gasteiger partial charge in [-0.05, 0) is 33.9 Å². The predicted molar refractivity (Wildman–Crippen MR) is 88.9 cm³/mol. The molecular weight excluding hydrogens is 352 g/mol. The molecule has 0 heterocycles. The van der Waals surface area contributed by atoms with E-state index in [1.807, 2.05) is 53.8 Å². The molecule has 1 aliphatic carbocycles. The van der Waals surface area contributed by atoms with Crippen LogP contribution in [0.1, 0.15) is 17.0 Å². The zero-order valence-corrected chi connectivity index (χ0v) is 13.7. The van der Waals surface area contributed by atoms with Crippen molar-refractivity contribution in [2.45, 2.75) is 11.8 Å². The molecular formula is C18H14ClF2NO3. The number of hydrogen-bond donors (Lipinski definition) is 1. The largest absolute Gasteiger partial charge is 0.449 e. The number of alkyl carbamates (subject to hydrolysis) is 1. The van der Waals surface area contributed by atoms with Gasteiger partial charge in [-0.2, -0.15) is 8.78 Å². The zero-order chi connectivity index (χ0) is 18.0. The molecule has 2 aromatic rings. The number of carbonyl (C=O) groups excluding carboxylic acids is 2. The summed E-state index contributed by atoms with van der Waals surface area (Å²) in [5, 5.41) is 0.0324. The fraction of sp³-hybridized carbons (Fsp3) is 0.222. The molecule has 4 nitrogen and oxygen atoms in total. The Morgan fingerprint density at radius 1 is 1.04 bits per heavy atom. The molecule has 3 rings (SSSR count). The van der Waals surface area contributed by atoms with E-state index in [4.69, 9.17) is 16.3 Å². The summed E-state index contributed by atoms with van der Waals surface area (Å²) in [4.78, 5) is 22.2. The molecule has 130 valence electrons. The molecule has 0 spiro atoms. The standard InChI is InChI=1S/C18H14ClF2NO3/c19-16(23)18(20,21)10-22-17(24)25-9-15-13-7-3-1-5-11(13)12-6-2-4-8-14(12)15/h1-8,15H,9-10H2,(H,22,24). The second-order valence-corrected chi connectivity index (χ2v) is 6.00. The van der Waals surface area contributed by atoms with Crippen LogP contribution in [0.2, 0.25) is 0 Å². The number of carbonyl (C=O) groups is 2. The number of ether oxygens (including phenoxy) is 1. The van der Waals surface area contributed by atoms with Crippen LogP contribution < -0.4 is 5.32 Å². The van der Waals surface area contributed by atoms with Crippen molar-refractivity contribution in [1.82, 2.24) is 5.32 Å². The Balaban J connectivity index is 1.68. The Labute approximate surface area is 147 Å². The van der Waals surface area contributed by atoms with Gasteiger partial charge in [0.2, 0.25) is 0 Å². The number of rotatable bonds is 5. The van der Waals surface area contributed by atoms with E-state index in [1.54, 1.807) is 0 Å². The summed E-state index contributed by atoms with van der Waals surface area (Å²) in [5.41, 5.74) is 4.15. The summed E-state index contributed by atoms with van der Waals surface area (Å²) in [5.74, 6) is -4.00. The van der Waals surface area contributed by atoms with Gasteiger partial charge >= 0.3 is 12.0 Å². The number of nitrogens with one attached hydrogen (secondary N) is 1. The molecule has 25 heavy (non-hydrogen) atoms. The van der Waals surface area contributed by atoms with Crippen LogP contribution in [0.3, 0.4) is 0 Å². The lowest BCUT2D eigenvalue weighted by atomic mass is 9.98. The summed E-state index contributed by atoms with van der Waals surface area (Å²) >= 11 is 4.76. The SMILES string of the molecule is O=C(NCC(F)(F)C(=O)Cl)OCC1c2ccccc2-c2ccccc21. The number of benzene rings is 2. The molecule has 7 heteroatoms. The minimum Gasteiger partial charge on any atom is -0.449 e. The van der Waals surface area contributed by atoms with E-state index < -0.39 is 23.8 Å². The van der Waals surface area contributed by atoms with Gasteiger partial charge in [-0.3, -0.25) is 4.79 Å². The molecule has 0 aliphatic heterocycles. The lowest BCUT2D eigenvalue weighted by Crippen LogP contribution is -2.40. The van der Waals surface area contributed by atoms with Crippen molar-refractivity contribution < 1.29 is 23.1 Å². The van der Waals surface area contributed by atoms with Crippen LogP contribution >= 0.6 is 11.6 Å². The second-order valence-electron chi connectivity index (χ2n) is 5.66. The van der Waals surface area contributed by atoms with Gasteiger partial charge < -0.3 is 10.1 Å². The first-order valence-electron chi connectivity index (χ1n) is 7.57. The minimum absolute atomic E-state index is 0.000251. The highest BCUT2D eigenvalue weighted by molar-refractivity contribution is 6.65. The average molecular weight is 366 g/mol. The maximum atomic E-state index is 13.1. The number of fused-ring (bicyclic) bond motifs is 3. The van der Waals surface area contributed by atoms with E-state index in [9.17, 15) is 18.4 Å². The highest BCUT2D eigenvalue weighted by Gasteiger charge is 2.38. The molecule has 0 bridgehead atoms. The molecule has 1 N–H and O–H groups in total. The van der Waals surface area contributed by atoms with Crippen LogP contribution in [0.5, 0.6) is 0 Å². The Kier molecular flexibility index (Phi) is 4.72. The Morgan fingerprint density at radius 3 is 2.08 bits per heavy atom. The normalized spacial score (nSPS) is 13.1. The van der Waals surface area contributed by atoms with Crippen molar-refractivity contribution in [1.29, 1.82) is 0 Å². The lowest BCUT2D eigenvalue weighted by molar-refractivity contribution is -0.133. The topological polar surface area (TPSA) is 55.4 Å². The zero-order valence-electron chi connectivity index (χ0n) is 13.0. The third-order valence-corrected chi connectivity index (χ3v) is 4.36. The first-order valence-corrected chi connectivity index (χ1v) is 7.94. The third kappa shape index (κ3) is 3.49. The third-order valence-electron chi connectivity index (χ3n) is 4.09. The molecule has 0 atom stereocenters.